The average Bonchev–Trinajstić information content (AvgIpc) is 3.67. The maximum absolute atomic E-state index is 14.0. The van der Waals surface area contributed by atoms with Crippen LogP contribution in [-0.2, 0) is 17.9 Å². The first-order valence-electron chi connectivity index (χ1n) is 12.9. The molecule has 1 saturated carbocycles. The summed E-state index contributed by atoms with van der Waals surface area (Å²) < 4.78 is 24.9. The molecule has 1 atom stereocenters. The number of aliphatic hydroxyl groups is 1. The standard InChI is InChI=1S/C26H27FN8O3/c1-16(27)24(37)33-9-8-22(20-4-2-3-5-21(20)33)34-14-17-12-28-25(30-18-13-29-32(15-18)10-11-36)31-23(17)35(26(34)38)19-6-7-19/h2-5,12-13,15,19,22,36H,1,6-11,14H2,(H,28,30,31)/i22D. The van der Waals surface area contributed by atoms with Gasteiger partial charge in [-0.1, -0.05) is 24.8 Å². The molecule has 1 aromatic carbocycles. The maximum atomic E-state index is 14.0. The second-order valence-corrected chi connectivity index (χ2v) is 9.43. The van der Waals surface area contributed by atoms with Crippen molar-refractivity contribution in [3.8, 4) is 0 Å². The molecule has 12 heteroatoms. The highest BCUT2D eigenvalue weighted by Gasteiger charge is 2.45. The molecule has 0 saturated heterocycles. The van der Waals surface area contributed by atoms with Gasteiger partial charge in [-0.05, 0) is 30.9 Å². The molecule has 0 bridgehead atoms. The topological polar surface area (TPSA) is 120 Å². The SMILES string of the molecule is [2H]C1(N2Cc3cnc(Nc4cnn(CCO)c4)nc3N(C3CC3)C2=O)CCN(C(=O)C(=C)F)c2ccccc21. The van der Waals surface area contributed by atoms with E-state index in [1.165, 1.54) is 9.80 Å². The van der Waals surface area contributed by atoms with Crippen LogP contribution >= 0.6 is 0 Å². The van der Waals surface area contributed by atoms with Gasteiger partial charge >= 0.3 is 6.03 Å². The Kier molecular flexibility index (Phi) is 5.73. The van der Waals surface area contributed by atoms with E-state index >= 15 is 0 Å². The van der Waals surface area contributed by atoms with Crippen LogP contribution in [0.4, 0.5) is 32.3 Å². The number of carbonyl (C=O) groups is 2. The number of amides is 3. The summed E-state index contributed by atoms with van der Waals surface area (Å²) in [5.41, 5.74) is 2.17. The van der Waals surface area contributed by atoms with Crippen molar-refractivity contribution in [2.45, 2.75) is 44.4 Å². The summed E-state index contributed by atoms with van der Waals surface area (Å²) in [5, 5.41) is 16.4. The highest BCUT2D eigenvalue weighted by Crippen LogP contribution is 2.44. The zero-order valence-electron chi connectivity index (χ0n) is 21.5. The lowest BCUT2D eigenvalue weighted by Gasteiger charge is -2.44. The monoisotopic (exact) mass is 519 g/mol. The molecule has 0 spiro atoms. The molecule has 3 amide bonds. The van der Waals surface area contributed by atoms with Gasteiger partial charge in [-0.15, -0.1) is 0 Å². The predicted molar refractivity (Wildman–Crippen MR) is 137 cm³/mol. The highest BCUT2D eigenvalue weighted by molar-refractivity contribution is 6.04. The number of aromatic nitrogens is 4. The number of halogens is 1. The molecule has 3 aromatic rings. The molecule has 2 N–H and O–H groups in total. The number of hydrogen-bond acceptors (Lipinski definition) is 7. The number of rotatable bonds is 7. The van der Waals surface area contributed by atoms with E-state index in [9.17, 15) is 15.4 Å². The molecule has 1 fully saturated rings. The Hall–Kier alpha value is -4.32. The number of hydrogen-bond donors (Lipinski definition) is 2. The molecule has 196 valence electrons. The van der Waals surface area contributed by atoms with Gasteiger partial charge in [-0.3, -0.25) is 14.4 Å². The van der Waals surface area contributed by atoms with Gasteiger partial charge in [0, 0.05) is 36.2 Å². The molecule has 1 unspecified atom stereocenters. The summed E-state index contributed by atoms with van der Waals surface area (Å²) >= 11 is 0. The molecule has 0 radical (unpaired) electrons. The van der Waals surface area contributed by atoms with E-state index in [1.54, 1.807) is 52.4 Å². The third-order valence-electron chi connectivity index (χ3n) is 6.85. The Morgan fingerprint density at radius 1 is 1.26 bits per heavy atom. The molecule has 38 heavy (non-hydrogen) atoms. The Bertz CT molecular complexity index is 1480. The van der Waals surface area contributed by atoms with Crippen LogP contribution in [0, 0.1) is 0 Å². The van der Waals surface area contributed by atoms with Crippen molar-refractivity contribution in [3.05, 3.63) is 66.4 Å². The molecule has 6 rings (SSSR count). The number of nitrogens with zero attached hydrogens (tertiary/aromatic N) is 7. The van der Waals surface area contributed by atoms with Crippen molar-refractivity contribution in [3.63, 3.8) is 0 Å². The molecule has 11 nitrogen and oxygen atoms in total. The number of para-hydroxylation sites is 1. The second-order valence-electron chi connectivity index (χ2n) is 9.43. The number of aliphatic hydroxyl groups excluding tert-OH is 1. The van der Waals surface area contributed by atoms with E-state index in [2.05, 4.69) is 27.0 Å². The minimum atomic E-state index is -1.49. The summed E-state index contributed by atoms with van der Waals surface area (Å²) in [7, 11) is 0. The fourth-order valence-electron chi connectivity index (χ4n) is 4.96. The molecule has 1 aliphatic carbocycles. The zero-order chi connectivity index (χ0) is 27.3. The first-order chi connectivity index (χ1) is 18.8. The minimum absolute atomic E-state index is 0.0348. The number of nitrogens with one attached hydrogen (secondary N) is 1. The first-order valence-corrected chi connectivity index (χ1v) is 12.4. The lowest BCUT2D eigenvalue weighted by atomic mass is 9.94. The summed E-state index contributed by atoms with van der Waals surface area (Å²) in [6, 6.07) is 4.94. The first kappa shape index (κ1) is 22.8. The van der Waals surface area contributed by atoms with Crippen LogP contribution in [0.1, 0.15) is 37.8 Å². The summed E-state index contributed by atoms with van der Waals surface area (Å²) in [6.07, 6.45) is 6.71. The lowest BCUT2D eigenvalue weighted by molar-refractivity contribution is -0.116. The van der Waals surface area contributed by atoms with Crippen LogP contribution in [0.15, 0.2) is 55.3 Å². The summed E-state index contributed by atoms with van der Waals surface area (Å²) in [5.74, 6) is -1.13. The van der Waals surface area contributed by atoms with Crippen LogP contribution in [0.3, 0.4) is 0 Å². The fraction of sp³-hybridized carbons (Fsp3) is 0.346. The van der Waals surface area contributed by atoms with Gasteiger partial charge in [0.2, 0.25) is 5.95 Å². The minimum Gasteiger partial charge on any atom is -0.394 e. The molecule has 2 aromatic heterocycles. The van der Waals surface area contributed by atoms with Crippen LogP contribution in [-0.4, -0.2) is 60.9 Å². The normalized spacial score (nSPS) is 21.1. The van der Waals surface area contributed by atoms with E-state index in [1.807, 2.05) is 0 Å². The Morgan fingerprint density at radius 2 is 2.08 bits per heavy atom. The number of anilines is 4. The van der Waals surface area contributed by atoms with Crippen molar-refractivity contribution in [1.29, 1.82) is 0 Å². The molecule has 4 heterocycles. The molecule has 2 aliphatic heterocycles. The van der Waals surface area contributed by atoms with Gasteiger partial charge < -0.3 is 20.2 Å². The number of carbonyl (C=O) groups excluding carboxylic acids is 2. The second kappa shape index (κ2) is 9.53. The van der Waals surface area contributed by atoms with Gasteiger partial charge in [0.15, 0.2) is 5.83 Å². The third-order valence-corrected chi connectivity index (χ3v) is 6.85. The third kappa shape index (κ3) is 4.26. The quantitative estimate of drug-likeness (QED) is 0.460. The van der Waals surface area contributed by atoms with Gasteiger partial charge in [-0.25, -0.2) is 14.2 Å². The summed E-state index contributed by atoms with van der Waals surface area (Å²) in [4.78, 5) is 40.0. The maximum Gasteiger partial charge on any atom is 0.326 e. The Morgan fingerprint density at radius 3 is 2.84 bits per heavy atom. The average molecular weight is 520 g/mol. The predicted octanol–water partition coefficient (Wildman–Crippen LogP) is 3.27. The molecular weight excluding hydrogens is 491 g/mol. The fourth-order valence-corrected chi connectivity index (χ4v) is 4.96. The van der Waals surface area contributed by atoms with Crippen molar-refractivity contribution >= 4 is 35.1 Å². The van der Waals surface area contributed by atoms with E-state index in [0.717, 1.165) is 12.8 Å². The zero-order valence-corrected chi connectivity index (χ0v) is 20.5. The van der Waals surface area contributed by atoms with Crippen molar-refractivity contribution in [1.82, 2.24) is 24.6 Å². The van der Waals surface area contributed by atoms with Gasteiger partial charge in [0.05, 0.1) is 39.0 Å². The van der Waals surface area contributed by atoms with Crippen LogP contribution < -0.4 is 15.1 Å². The van der Waals surface area contributed by atoms with Crippen LogP contribution in [0.2, 0.25) is 0 Å². The number of benzene rings is 1. The van der Waals surface area contributed by atoms with Gasteiger partial charge in [0.1, 0.15) is 5.82 Å². The van der Waals surface area contributed by atoms with Crippen molar-refractivity contribution in [2.75, 3.05) is 28.3 Å². The number of fused-ring (bicyclic) bond motifs is 2. The molecular formula is C26H27FN8O3. The van der Waals surface area contributed by atoms with Crippen LogP contribution in [0.25, 0.3) is 0 Å². The summed E-state index contributed by atoms with van der Waals surface area (Å²) in [6.45, 7) is 3.63. The van der Waals surface area contributed by atoms with Gasteiger partial charge in [0.25, 0.3) is 5.91 Å². The van der Waals surface area contributed by atoms with E-state index in [4.69, 9.17) is 5.11 Å². The van der Waals surface area contributed by atoms with Crippen molar-refractivity contribution in [2.24, 2.45) is 0 Å². The van der Waals surface area contributed by atoms with E-state index in [0.29, 0.717) is 40.8 Å². The largest absolute Gasteiger partial charge is 0.394 e. The Labute approximate surface area is 219 Å². The van der Waals surface area contributed by atoms with E-state index in [-0.39, 0.29) is 38.2 Å². The van der Waals surface area contributed by atoms with Crippen LogP contribution in [0.5, 0.6) is 0 Å². The lowest BCUT2D eigenvalue weighted by Crippen LogP contribution is -2.52. The van der Waals surface area contributed by atoms with E-state index < -0.39 is 17.8 Å². The van der Waals surface area contributed by atoms with Crippen molar-refractivity contribution < 1.29 is 20.5 Å². The Balaban J connectivity index is 1.34. The number of urea groups is 1. The van der Waals surface area contributed by atoms with Gasteiger partial charge in [-0.2, -0.15) is 10.1 Å². The molecule has 3 aliphatic rings. The smallest absolute Gasteiger partial charge is 0.326 e. The highest BCUT2D eigenvalue weighted by atomic mass is 19.1.